The summed E-state index contributed by atoms with van der Waals surface area (Å²) in [7, 11) is -6.81. The van der Waals surface area contributed by atoms with E-state index >= 15 is 0 Å². The Morgan fingerprint density at radius 2 is 1.01 bits per heavy atom. The van der Waals surface area contributed by atoms with Gasteiger partial charge in [0, 0.05) is 0 Å². The number of sulfone groups is 2. The second-order valence-corrected chi connectivity index (χ2v) is 32.1. The molecule has 8 aliphatic carbocycles. The Balaban J connectivity index is 0.000000225. The van der Waals surface area contributed by atoms with Crippen molar-refractivity contribution in [1.29, 1.82) is 0 Å². The number of allylic oxidation sites excluding steroid dienone is 2. The van der Waals surface area contributed by atoms with E-state index in [0.717, 1.165) is 77.2 Å². The molecule has 1 aliphatic heterocycles. The van der Waals surface area contributed by atoms with Crippen LogP contribution in [0.5, 0.6) is 0 Å². The number of ether oxygens (including phenoxy) is 1. The Hall–Kier alpha value is -1.99. The molecule has 11 heteroatoms. The van der Waals surface area contributed by atoms with Crippen molar-refractivity contribution in [2.75, 3.05) is 12.4 Å². The fraction of sp³-hybridized carbons (Fsp3) is 0.758. The van der Waals surface area contributed by atoms with Crippen LogP contribution in [0.3, 0.4) is 0 Å². The van der Waals surface area contributed by atoms with Crippen LogP contribution in [-0.2, 0) is 24.4 Å². The van der Waals surface area contributed by atoms with Gasteiger partial charge >= 0.3 is 0 Å². The van der Waals surface area contributed by atoms with E-state index in [4.69, 9.17) is 4.74 Å². The van der Waals surface area contributed by atoms with Crippen molar-refractivity contribution in [3.8, 4) is 0 Å². The highest BCUT2D eigenvalue weighted by Gasteiger charge is 2.62. The fourth-order valence-electron chi connectivity index (χ4n) is 18.8. The van der Waals surface area contributed by atoms with Gasteiger partial charge in [0.15, 0.2) is 19.7 Å². The summed E-state index contributed by atoms with van der Waals surface area (Å²) in [4.78, 5) is 0.841. The van der Waals surface area contributed by atoms with Gasteiger partial charge in [-0.3, -0.25) is 0 Å². The first kappa shape index (κ1) is 64.2. The molecule has 1 unspecified atom stereocenters. The second-order valence-electron chi connectivity index (χ2n) is 27.9. The molecule has 11 rings (SSSR count). The van der Waals surface area contributed by atoms with Crippen LogP contribution in [0.2, 0.25) is 0 Å². The van der Waals surface area contributed by atoms with E-state index in [9.17, 15) is 32.2 Å². The van der Waals surface area contributed by atoms with Crippen molar-refractivity contribution in [2.24, 2.45) is 80.8 Å². The van der Waals surface area contributed by atoms with Gasteiger partial charge in [0.2, 0.25) is 0 Å². The van der Waals surface area contributed by atoms with E-state index in [2.05, 4.69) is 60.6 Å². The molecule has 0 aromatic heterocycles. The summed E-state index contributed by atoms with van der Waals surface area (Å²) < 4.78 is 58.7. The lowest BCUT2D eigenvalue weighted by Crippen LogP contribution is -2.52. The zero-order chi connectivity index (χ0) is 53.4. The van der Waals surface area contributed by atoms with Crippen LogP contribution in [0.1, 0.15) is 193 Å². The van der Waals surface area contributed by atoms with Crippen LogP contribution in [-0.4, -0.2) is 73.2 Å². The van der Waals surface area contributed by atoms with Crippen molar-refractivity contribution < 1.29 is 36.9 Å². The van der Waals surface area contributed by atoms with Crippen LogP contribution in [0.15, 0.2) is 93.8 Å². The lowest BCUT2D eigenvalue weighted by atomic mass is 9.46. The van der Waals surface area contributed by atoms with Gasteiger partial charge < -0.3 is 20.1 Å². The SMILES string of the molecule is C.C.C[C@H](CS(=O)(=O)c1ccccc1)[C@H]1CC[C@H]2[C@@H]3CC=C4C[C@@](C)(O)CC[C@]4(C)[C@H]3CC[C@]12C.C[C@H](O)CC([C@@H](C)[C@H]1CC[C@H]2[C@@H]3CC=C4C[C@@](C)(O)CC[C@]4(C)[C@H]3CC[C@]12C)S(=O)(=O)c1ccccc1.C[C@H]1CO1.S. The van der Waals surface area contributed by atoms with Gasteiger partial charge in [-0.2, -0.15) is 13.5 Å². The summed E-state index contributed by atoms with van der Waals surface area (Å²) in [6.07, 6.45) is 22.5. The lowest BCUT2D eigenvalue weighted by Gasteiger charge is -2.59. The van der Waals surface area contributed by atoms with Crippen LogP contribution < -0.4 is 0 Å². The number of hydrogen-bond donors (Lipinski definition) is 3. The predicted molar refractivity (Wildman–Crippen MR) is 321 cm³/mol. The standard InChI is InChI=1S/C32H48O4S.C29H42O3S.C3H6O.2CH4.H2S/c1-21(33)19-29(37(35,36)24-9-7-6-8-10-24)22(2)26-13-14-27-25-12-11-23-20-30(3,34)17-18-31(23,4)28(25)15-16-32(26,27)5;1-20(19-33(31,32)22-8-6-5-7-9-22)24-12-13-25-23-11-10-21-18-27(2,30)16-17-28(21,3)26(23)14-15-29(24,25)4;1-3-2-4-3;;;/h6-11,21-22,25-29,33-34H,12-20H2,1-5H3;5-10,20,23-26,30H,11-19H2,1-4H3;3H,2H2,1H3;2*1H4;1H2/t21-,22-,25-,26+,27-,28-,29?,30-,31-,32+;20-,23+,24-,25+,26+,27+,28+,29-;3-;;;/m010.../s1. The van der Waals surface area contributed by atoms with Gasteiger partial charge in [-0.15, -0.1) is 0 Å². The third kappa shape index (κ3) is 12.4. The minimum absolute atomic E-state index is 0. The highest BCUT2D eigenvalue weighted by atomic mass is 32.2. The first-order valence-corrected chi connectivity index (χ1v) is 32.6. The van der Waals surface area contributed by atoms with Crippen LogP contribution in [0.25, 0.3) is 0 Å². The van der Waals surface area contributed by atoms with Crippen LogP contribution in [0.4, 0.5) is 0 Å². The number of benzene rings is 2. The molecule has 6 saturated carbocycles. The number of aliphatic hydroxyl groups excluding tert-OH is 1. The summed E-state index contributed by atoms with van der Waals surface area (Å²) in [6, 6.07) is 17.8. The number of rotatable bonds is 10. The fourth-order valence-corrected chi connectivity index (χ4v) is 22.6. The zero-order valence-corrected chi connectivity index (χ0v) is 50.2. The molecule has 0 radical (unpaired) electrons. The van der Waals surface area contributed by atoms with Gasteiger partial charge in [-0.05, 0) is 242 Å². The molecule has 7 fully saturated rings. The molecule has 8 nitrogen and oxygen atoms in total. The van der Waals surface area contributed by atoms with Crippen molar-refractivity contribution in [3.05, 3.63) is 84.0 Å². The molecule has 0 amide bonds. The Bertz CT molecular complexity index is 2590. The van der Waals surface area contributed by atoms with Gasteiger partial charge in [0.05, 0.1) is 50.8 Å². The highest BCUT2D eigenvalue weighted by molar-refractivity contribution is 7.92. The molecule has 77 heavy (non-hydrogen) atoms. The maximum absolute atomic E-state index is 13.9. The van der Waals surface area contributed by atoms with Crippen LogP contribution >= 0.6 is 13.5 Å². The topological polar surface area (TPSA) is 142 Å². The summed E-state index contributed by atoms with van der Waals surface area (Å²) in [5.74, 6) is 5.29. The molecular formula is C66H106O8S3. The average Bonchev–Trinajstić information content (AvgIpc) is 3.92. The van der Waals surface area contributed by atoms with E-state index in [-0.39, 0.29) is 74.0 Å². The number of hydrogen-bond acceptors (Lipinski definition) is 8. The zero-order valence-electron chi connectivity index (χ0n) is 47.6. The molecule has 436 valence electrons. The monoisotopic (exact) mass is 1120 g/mol. The molecule has 0 bridgehead atoms. The normalized spacial score (nSPS) is 41.0. The summed E-state index contributed by atoms with van der Waals surface area (Å²) >= 11 is 0. The Morgan fingerprint density at radius 1 is 0.597 bits per heavy atom. The van der Waals surface area contributed by atoms with Crippen molar-refractivity contribution >= 4 is 33.2 Å². The van der Waals surface area contributed by atoms with Gasteiger partial charge in [0.25, 0.3) is 0 Å². The molecule has 1 saturated heterocycles. The van der Waals surface area contributed by atoms with Gasteiger partial charge in [-0.1, -0.05) is 116 Å². The van der Waals surface area contributed by atoms with Crippen LogP contribution in [0, 0.1) is 80.8 Å². The van der Waals surface area contributed by atoms with E-state index in [1.165, 1.54) is 43.3 Å². The smallest absolute Gasteiger partial charge is 0.181 e. The Morgan fingerprint density at radius 3 is 1.44 bits per heavy atom. The highest BCUT2D eigenvalue weighted by Crippen LogP contribution is 2.70. The first-order chi connectivity index (χ1) is 34.7. The number of epoxide rings is 1. The van der Waals surface area contributed by atoms with Gasteiger partial charge in [0.1, 0.15) is 0 Å². The van der Waals surface area contributed by atoms with E-state index in [0.29, 0.717) is 63.2 Å². The van der Waals surface area contributed by atoms with E-state index < -0.39 is 42.2 Å². The number of aliphatic hydroxyl groups is 3. The van der Waals surface area contributed by atoms with E-state index in [1.54, 1.807) is 43.3 Å². The first-order valence-electron chi connectivity index (χ1n) is 29.4. The number of fused-ring (bicyclic) bond motifs is 10. The summed E-state index contributed by atoms with van der Waals surface area (Å²) in [5.41, 5.74) is 2.70. The molecule has 3 N–H and O–H groups in total. The molecule has 0 spiro atoms. The maximum Gasteiger partial charge on any atom is 0.181 e. The average molecular weight is 1120 g/mol. The summed E-state index contributed by atoms with van der Waals surface area (Å²) in [6.45, 7) is 23.0. The van der Waals surface area contributed by atoms with Crippen molar-refractivity contribution in [1.82, 2.24) is 0 Å². The summed E-state index contributed by atoms with van der Waals surface area (Å²) in [5, 5.41) is 31.2. The molecule has 2 aromatic rings. The third-order valence-corrected chi connectivity index (χ3v) is 27.2. The van der Waals surface area contributed by atoms with Crippen molar-refractivity contribution in [2.45, 2.75) is 232 Å². The third-order valence-electron chi connectivity index (χ3n) is 22.9. The largest absolute Gasteiger partial charge is 0.393 e. The van der Waals surface area contributed by atoms with E-state index in [1.807, 2.05) is 38.1 Å². The molecule has 19 atom stereocenters. The molecule has 2 aromatic carbocycles. The lowest BCUT2D eigenvalue weighted by molar-refractivity contribution is -0.0706. The minimum Gasteiger partial charge on any atom is -0.393 e. The molecule has 9 aliphatic rings. The molecule has 1 heterocycles. The second kappa shape index (κ2) is 23.7. The Kier molecular flexibility index (Phi) is 19.8. The van der Waals surface area contributed by atoms with Gasteiger partial charge in [-0.25, -0.2) is 16.8 Å². The maximum atomic E-state index is 13.9. The predicted octanol–water partition coefficient (Wildman–Crippen LogP) is 14.8. The quantitative estimate of drug-likeness (QED) is 0.158. The molecular weight excluding hydrogens is 1020 g/mol. The minimum atomic E-state index is -3.55. The Labute approximate surface area is 476 Å². The van der Waals surface area contributed by atoms with Crippen molar-refractivity contribution in [3.63, 3.8) is 0 Å².